The molecule has 1 amide bonds. The zero-order chi connectivity index (χ0) is 20.2. The molecular formula is C18H25N3O5S. The minimum atomic E-state index is -3.71. The van der Waals surface area contributed by atoms with Crippen molar-refractivity contribution in [3.63, 3.8) is 0 Å². The number of furan rings is 1. The highest BCUT2D eigenvalue weighted by atomic mass is 32.2. The van der Waals surface area contributed by atoms with Gasteiger partial charge >= 0.3 is 0 Å². The van der Waals surface area contributed by atoms with E-state index in [9.17, 15) is 18.0 Å². The third-order valence-corrected chi connectivity index (χ3v) is 6.57. The number of amides is 1. The van der Waals surface area contributed by atoms with Gasteiger partial charge in [-0.25, -0.2) is 8.42 Å². The first-order chi connectivity index (χ1) is 12.7. The summed E-state index contributed by atoms with van der Waals surface area (Å²) in [6.07, 6.45) is 2.75. The molecule has 2 aromatic rings. The predicted octanol–water partition coefficient (Wildman–Crippen LogP) is 1.69. The number of rotatable bonds is 8. The summed E-state index contributed by atoms with van der Waals surface area (Å²) in [6.45, 7) is 5.67. The van der Waals surface area contributed by atoms with E-state index < -0.39 is 15.6 Å². The summed E-state index contributed by atoms with van der Waals surface area (Å²) in [5.41, 5.74) is -0.444. The lowest BCUT2D eigenvalue weighted by Gasteiger charge is -2.24. The SMILES string of the molecule is CCN(CC)S(=O)(=O)c1ccc(=O)n(CC(=O)N(C)C(C)c2ccco2)c1. The molecule has 9 heteroatoms. The van der Waals surface area contributed by atoms with Crippen LogP contribution < -0.4 is 5.56 Å². The molecule has 0 radical (unpaired) electrons. The van der Waals surface area contributed by atoms with Crippen LogP contribution in [-0.4, -0.2) is 48.2 Å². The summed E-state index contributed by atoms with van der Waals surface area (Å²) in [4.78, 5) is 26.1. The number of sulfonamides is 1. The van der Waals surface area contributed by atoms with E-state index >= 15 is 0 Å². The van der Waals surface area contributed by atoms with Crippen LogP contribution in [0.3, 0.4) is 0 Å². The standard InChI is InChI=1S/C18H25N3O5S/c1-5-21(6-2)27(24,25)15-9-10-17(22)20(12-15)13-18(23)19(4)14(3)16-8-7-11-26-16/h7-12,14H,5-6,13H2,1-4H3. The smallest absolute Gasteiger partial charge is 0.251 e. The molecule has 1 unspecified atom stereocenters. The molecular weight excluding hydrogens is 370 g/mol. The number of likely N-dealkylation sites (N-methyl/N-ethyl adjacent to an activating group) is 1. The quantitative estimate of drug-likeness (QED) is 0.678. The van der Waals surface area contributed by atoms with Gasteiger partial charge < -0.3 is 13.9 Å². The maximum absolute atomic E-state index is 12.6. The fraction of sp³-hybridized carbons (Fsp3) is 0.444. The molecule has 0 spiro atoms. The molecule has 148 valence electrons. The molecule has 0 saturated carbocycles. The van der Waals surface area contributed by atoms with E-state index in [-0.39, 0.29) is 23.4 Å². The lowest BCUT2D eigenvalue weighted by molar-refractivity contribution is -0.132. The first-order valence-corrected chi connectivity index (χ1v) is 10.2. The molecule has 8 nitrogen and oxygen atoms in total. The minimum absolute atomic E-state index is 0.0136. The van der Waals surface area contributed by atoms with E-state index in [1.165, 1.54) is 33.8 Å². The zero-order valence-corrected chi connectivity index (χ0v) is 16.8. The van der Waals surface area contributed by atoms with Crippen molar-refractivity contribution in [3.05, 3.63) is 52.8 Å². The Balaban J connectivity index is 2.26. The van der Waals surface area contributed by atoms with Crippen molar-refractivity contribution in [2.24, 2.45) is 0 Å². The predicted molar refractivity (Wildman–Crippen MR) is 101 cm³/mol. The largest absolute Gasteiger partial charge is 0.467 e. The van der Waals surface area contributed by atoms with Crippen LogP contribution in [0.2, 0.25) is 0 Å². The average Bonchev–Trinajstić information content (AvgIpc) is 3.17. The number of pyridine rings is 1. The van der Waals surface area contributed by atoms with Gasteiger partial charge in [-0.1, -0.05) is 13.8 Å². The van der Waals surface area contributed by atoms with Gasteiger partial charge in [-0.3, -0.25) is 9.59 Å². The van der Waals surface area contributed by atoms with Crippen LogP contribution in [0.4, 0.5) is 0 Å². The van der Waals surface area contributed by atoms with Crippen LogP contribution in [0.1, 0.15) is 32.6 Å². The van der Waals surface area contributed by atoms with E-state index in [0.717, 1.165) is 4.57 Å². The third kappa shape index (κ3) is 4.48. The van der Waals surface area contributed by atoms with Crippen LogP contribution in [0.5, 0.6) is 0 Å². The number of carbonyl (C=O) groups excluding carboxylic acids is 1. The van der Waals surface area contributed by atoms with Crippen molar-refractivity contribution < 1.29 is 17.6 Å². The summed E-state index contributed by atoms with van der Waals surface area (Å²) >= 11 is 0. The van der Waals surface area contributed by atoms with Crippen molar-refractivity contribution in [1.29, 1.82) is 0 Å². The number of hydrogen-bond donors (Lipinski definition) is 0. The molecule has 0 aromatic carbocycles. The first kappa shape index (κ1) is 20.9. The summed E-state index contributed by atoms with van der Waals surface area (Å²) in [6, 6.07) is 5.62. The van der Waals surface area contributed by atoms with E-state index in [1.54, 1.807) is 40.0 Å². The highest BCUT2D eigenvalue weighted by molar-refractivity contribution is 7.89. The summed E-state index contributed by atoms with van der Waals surface area (Å²) in [7, 11) is -2.11. The monoisotopic (exact) mass is 395 g/mol. The molecule has 0 aliphatic heterocycles. The van der Waals surface area contributed by atoms with Gasteiger partial charge in [0, 0.05) is 32.4 Å². The number of nitrogens with zero attached hydrogens (tertiary/aromatic N) is 3. The highest BCUT2D eigenvalue weighted by Gasteiger charge is 2.24. The van der Waals surface area contributed by atoms with Gasteiger partial charge in [0.2, 0.25) is 15.9 Å². The molecule has 0 aliphatic carbocycles. The number of hydrogen-bond acceptors (Lipinski definition) is 5. The lowest BCUT2D eigenvalue weighted by atomic mass is 10.2. The molecule has 2 aromatic heterocycles. The highest BCUT2D eigenvalue weighted by Crippen LogP contribution is 2.19. The van der Waals surface area contributed by atoms with Gasteiger partial charge in [0.05, 0.1) is 17.2 Å². The number of aromatic nitrogens is 1. The molecule has 27 heavy (non-hydrogen) atoms. The van der Waals surface area contributed by atoms with Crippen LogP contribution in [0.25, 0.3) is 0 Å². The molecule has 0 aliphatic rings. The topological polar surface area (TPSA) is 92.8 Å². The zero-order valence-electron chi connectivity index (χ0n) is 16.0. The van der Waals surface area contributed by atoms with Gasteiger partial charge in [-0.05, 0) is 25.1 Å². The molecule has 0 bridgehead atoms. The Labute approximate surface area is 159 Å². The van der Waals surface area contributed by atoms with Gasteiger partial charge in [0.1, 0.15) is 12.3 Å². The van der Waals surface area contributed by atoms with Crippen molar-refractivity contribution in [2.75, 3.05) is 20.1 Å². The van der Waals surface area contributed by atoms with Crippen molar-refractivity contribution in [1.82, 2.24) is 13.8 Å². The third-order valence-electron chi connectivity index (χ3n) is 4.53. The number of carbonyl (C=O) groups is 1. The maximum Gasteiger partial charge on any atom is 0.251 e. The van der Waals surface area contributed by atoms with Crippen LogP contribution in [-0.2, 0) is 21.4 Å². The van der Waals surface area contributed by atoms with Crippen LogP contribution in [0.15, 0.2) is 50.8 Å². The summed E-state index contributed by atoms with van der Waals surface area (Å²) in [5.74, 6) is 0.287. The average molecular weight is 395 g/mol. The van der Waals surface area contributed by atoms with E-state index in [2.05, 4.69) is 0 Å². The lowest BCUT2D eigenvalue weighted by Crippen LogP contribution is -2.36. The first-order valence-electron chi connectivity index (χ1n) is 8.72. The van der Waals surface area contributed by atoms with Crippen molar-refractivity contribution in [2.45, 2.75) is 38.3 Å². The molecule has 2 rings (SSSR count). The Bertz CT molecular complexity index is 930. The second-order valence-corrected chi connectivity index (χ2v) is 8.05. The molecule has 1 atom stereocenters. The fourth-order valence-corrected chi connectivity index (χ4v) is 4.17. The van der Waals surface area contributed by atoms with Gasteiger partial charge in [0.25, 0.3) is 5.56 Å². The van der Waals surface area contributed by atoms with E-state index in [1.807, 2.05) is 0 Å². The van der Waals surface area contributed by atoms with Gasteiger partial charge in [-0.15, -0.1) is 0 Å². The van der Waals surface area contributed by atoms with Crippen LogP contribution in [0, 0.1) is 0 Å². The van der Waals surface area contributed by atoms with E-state index in [4.69, 9.17) is 4.42 Å². The molecule has 0 fully saturated rings. The Morgan fingerprint density at radius 3 is 2.44 bits per heavy atom. The second kappa shape index (κ2) is 8.53. The normalized spacial score (nSPS) is 12.9. The Hall–Kier alpha value is -2.39. The maximum atomic E-state index is 12.6. The molecule has 0 N–H and O–H groups in total. The van der Waals surface area contributed by atoms with Crippen LogP contribution >= 0.6 is 0 Å². The summed E-state index contributed by atoms with van der Waals surface area (Å²) in [5, 5.41) is 0. The molecule has 0 saturated heterocycles. The van der Waals surface area contributed by atoms with E-state index in [0.29, 0.717) is 18.8 Å². The van der Waals surface area contributed by atoms with Gasteiger partial charge in [0.15, 0.2) is 0 Å². The van der Waals surface area contributed by atoms with Crippen molar-refractivity contribution >= 4 is 15.9 Å². The second-order valence-electron chi connectivity index (χ2n) is 6.12. The van der Waals surface area contributed by atoms with Crippen molar-refractivity contribution in [3.8, 4) is 0 Å². The minimum Gasteiger partial charge on any atom is -0.467 e. The Morgan fingerprint density at radius 2 is 1.89 bits per heavy atom. The molecule has 2 heterocycles. The fourth-order valence-electron chi connectivity index (χ4n) is 2.69. The summed E-state index contributed by atoms with van der Waals surface area (Å²) < 4.78 is 33.0. The Morgan fingerprint density at radius 1 is 1.22 bits per heavy atom. The Kier molecular flexibility index (Phi) is 6.61. The van der Waals surface area contributed by atoms with Gasteiger partial charge in [-0.2, -0.15) is 4.31 Å².